The minimum atomic E-state index is 0.0912. The van der Waals surface area contributed by atoms with Crippen LogP contribution in [0.3, 0.4) is 0 Å². The molecule has 3 nitrogen and oxygen atoms in total. The van der Waals surface area contributed by atoms with Crippen LogP contribution in [-0.4, -0.2) is 48.4 Å². The SMILES string of the molecule is CCCN1CCN(C(=O)c2ccc(Cl)c(Br)c2)CC1. The number of piperazine rings is 1. The number of halogens is 2. The van der Waals surface area contributed by atoms with Gasteiger partial charge in [-0.1, -0.05) is 18.5 Å². The van der Waals surface area contributed by atoms with E-state index in [0.29, 0.717) is 10.6 Å². The molecule has 0 unspecified atom stereocenters. The standard InChI is InChI=1S/C14H18BrClN2O/c1-2-5-17-6-8-18(9-7-17)14(19)11-3-4-13(16)12(15)10-11/h3-4,10H,2,5-9H2,1H3. The van der Waals surface area contributed by atoms with Crippen LogP contribution in [0.1, 0.15) is 23.7 Å². The van der Waals surface area contributed by atoms with Crippen molar-refractivity contribution in [3.63, 3.8) is 0 Å². The van der Waals surface area contributed by atoms with Gasteiger partial charge in [0.15, 0.2) is 0 Å². The van der Waals surface area contributed by atoms with E-state index in [9.17, 15) is 4.79 Å². The Bertz CT molecular complexity index is 459. The van der Waals surface area contributed by atoms with Crippen LogP contribution in [0.5, 0.6) is 0 Å². The Balaban J connectivity index is 1.99. The fourth-order valence-corrected chi connectivity index (χ4v) is 2.80. The number of hydrogen-bond donors (Lipinski definition) is 0. The summed E-state index contributed by atoms with van der Waals surface area (Å²) in [5.41, 5.74) is 0.695. The summed E-state index contributed by atoms with van der Waals surface area (Å²) >= 11 is 9.30. The first-order chi connectivity index (χ1) is 9.11. The van der Waals surface area contributed by atoms with Gasteiger partial charge < -0.3 is 4.90 Å². The van der Waals surface area contributed by atoms with Gasteiger partial charge in [0.05, 0.1) is 5.02 Å². The van der Waals surface area contributed by atoms with Gasteiger partial charge >= 0.3 is 0 Å². The molecule has 0 aromatic heterocycles. The molecular weight excluding hydrogens is 328 g/mol. The second-order valence-corrected chi connectivity index (χ2v) is 6.02. The second kappa shape index (κ2) is 6.73. The number of carbonyl (C=O) groups excluding carboxylic acids is 1. The van der Waals surface area contributed by atoms with E-state index in [0.717, 1.165) is 43.6 Å². The molecule has 0 radical (unpaired) electrons. The smallest absolute Gasteiger partial charge is 0.253 e. The molecule has 1 amide bonds. The molecule has 5 heteroatoms. The fourth-order valence-electron chi connectivity index (χ4n) is 2.30. The molecule has 1 aromatic carbocycles. The molecule has 19 heavy (non-hydrogen) atoms. The monoisotopic (exact) mass is 344 g/mol. The Kier molecular flexibility index (Phi) is 5.25. The molecule has 0 atom stereocenters. The van der Waals surface area contributed by atoms with Crippen LogP contribution in [-0.2, 0) is 0 Å². The molecule has 1 aliphatic heterocycles. The lowest BCUT2D eigenvalue weighted by Crippen LogP contribution is -2.48. The van der Waals surface area contributed by atoms with Crippen molar-refractivity contribution >= 4 is 33.4 Å². The number of amides is 1. The van der Waals surface area contributed by atoms with Crippen molar-refractivity contribution in [1.29, 1.82) is 0 Å². The Morgan fingerprint density at radius 2 is 2.00 bits per heavy atom. The first-order valence-electron chi connectivity index (χ1n) is 6.58. The van der Waals surface area contributed by atoms with Crippen LogP contribution in [0.15, 0.2) is 22.7 Å². The average molecular weight is 346 g/mol. The van der Waals surface area contributed by atoms with E-state index in [4.69, 9.17) is 11.6 Å². The summed E-state index contributed by atoms with van der Waals surface area (Å²) < 4.78 is 0.768. The third-order valence-corrected chi connectivity index (χ3v) is 4.58. The van der Waals surface area contributed by atoms with Crippen molar-refractivity contribution in [2.24, 2.45) is 0 Å². The fraction of sp³-hybridized carbons (Fsp3) is 0.500. The van der Waals surface area contributed by atoms with Crippen LogP contribution in [0.4, 0.5) is 0 Å². The van der Waals surface area contributed by atoms with E-state index in [1.54, 1.807) is 18.2 Å². The molecular formula is C14H18BrClN2O. The zero-order valence-corrected chi connectivity index (χ0v) is 13.4. The molecule has 0 spiro atoms. The minimum Gasteiger partial charge on any atom is -0.336 e. The highest BCUT2D eigenvalue weighted by Crippen LogP contribution is 2.24. The number of carbonyl (C=O) groups is 1. The van der Waals surface area contributed by atoms with Crippen LogP contribution < -0.4 is 0 Å². The predicted molar refractivity (Wildman–Crippen MR) is 81.8 cm³/mol. The normalized spacial score (nSPS) is 16.7. The molecule has 0 aliphatic carbocycles. The van der Waals surface area contributed by atoms with Crippen LogP contribution in [0.2, 0.25) is 5.02 Å². The van der Waals surface area contributed by atoms with Gasteiger partial charge in [-0.3, -0.25) is 9.69 Å². The maximum absolute atomic E-state index is 12.4. The maximum Gasteiger partial charge on any atom is 0.253 e. The summed E-state index contributed by atoms with van der Waals surface area (Å²) in [6.07, 6.45) is 1.16. The lowest BCUT2D eigenvalue weighted by atomic mass is 10.2. The van der Waals surface area contributed by atoms with Crippen molar-refractivity contribution < 1.29 is 4.79 Å². The average Bonchev–Trinajstić information content (AvgIpc) is 2.42. The number of benzene rings is 1. The number of hydrogen-bond acceptors (Lipinski definition) is 2. The number of nitrogens with zero attached hydrogens (tertiary/aromatic N) is 2. The Morgan fingerprint density at radius 3 is 2.58 bits per heavy atom. The van der Waals surface area contributed by atoms with Crippen molar-refractivity contribution in [1.82, 2.24) is 9.80 Å². The lowest BCUT2D eigenvalue weighted by Gasteiger charge is -2.34. The molecule has 2 rings (SSSR count). The molecule has 1 fully saturated rings. The van der Waals surface area contributed by atoms with Gasteiger partial charge in [-0.05, 0) is 47.1 Å². The van der Waals surface area contributed by atoms with Gasteiger partial charge in [0, 0.05) is 36.2 Å². The predicted octanol–water partition coefficient (Wildman–Crippen LogP) is 3.27. The third-order valence-electron chi connectivity index (χ3n) is 3.37. The highest BCUT2D eigenvalue weighted by molar-refractivity contribution is 9.10. The molecule has 0 N–H and O–H groups in total. The summed E-state index contributed by atoms with van der Waals surface area (Å²) in [4.78, 5) is 16.7. The van der Waals surface area contributed by atoms with Crippen molar-refractivity contribution in [2.45, 2.75) is 13.3 Å². The van der Waals surface area contributed by atoms with Crippen LogP contribution in [0, 0.1) is 0 Å². The summed E-state index contributed by atoms with van der Waals surface area (Å²) in [6.45, 7) is 6.85. The van der Waals surface area contributed by atoms with Crippen molar-refractivity contribution in [2.75, 3.05) is 32.7 Å². The Morgan fingerprint density at radius 1 is 1.32 bits per heavy atom. The van der Waals surface area contributed by atoms with Gasteiger partial charge in [0.2, 0.25) is 0 Å². The second-order valence-electron chi connectivity index (χ2n) is 4.76. The van der Waals surface area contributed by atoms with Gasteiger partial charge in [-0.25, -0.2) is 0 Å². The topological polar surface area (TPSA) is 23.6 Å². The molecule has 0 saturated carbocycles. The minimum absolute atomic E-state index is 0.0912. The van der Waals surface area contributed by atoms with Gasteiger partial charge in [-0.15, -0.1) is 0 Å². The summed E-state index contributed by atoms with van der Waals surface area (Å²) in [5.74, 6) is 0.0912. The largest absolute Gasteiger partial charge is 0.336 e. The molecule has 1 saturated heterocycles. The Hall–Kier alpha value is -0.580. The van der Waals surface area contributed by atoms with E-state index >= 15 is 0 Å². The van der Waals surface area contributed by atoms with E-state index in [-0.39, 0.29) is 5.91 Å². The first-order valence-corrected chi connectivity index (χ1v) is 7.75. The quantitative estimate of drug-likeness (QED) is 0.839. The summed E-state index contributed by atoms with van der Waals surface area (Å²) in [7, 11) is 0. The molecule has 1 aliphatic rings. The van der Waals surface area contributed by atoms with Gasteiger partial charge in [-0.2, -0.15) is 0 Å². The maximum atomic E-state index is 12.4. The summed E-state index contributed by atoms with van der Waals surface area (Å²) in [5, 5.41) is 0.629. The van der Waals surface area contributed by atoms with Crippen LogP contribution in [0.25, 0.3) is 0 Å². The molecule has 0 bridgehead atoms. The van der Waals surface area contributed by atoms with E-state index < -0.39 is 0 Å². The van der Waals surface area contributed by atoms with Gasteiger partial charge in [0.25, 0.3) is 5.91 Å². The van der Waals surface area contributed by atoms with Crippen molar-refractivity contribution in [3.05, 3.63) is 33.3 Å². The van der Waals surface area contributed by atoms with Crippen LogP contribution >= 0.6 is 27.5 Å². The van der Waals surface area contributed by atoms with Crippen molar-refractivity contribution in [3.8, 4) is 0 Å². The summed E-state index contributed by atoms with van der Waals surface area (Å²) in [6, 6.07) is 5.34. The van der Waals surface area contributed by atoms with E-state index in [1.807, 2.05) is 4.90 Å². The highest BCUT2D eigenvalue weighted by Gasteiger charge is 2.21. The third kappa shape index (κ3) is 3.71. The Labute approximate surface area is 127 Å². The molecule has 1 heterocycles. The zero-order chi connectivity index (χ0) is 13.8. The zero-order valence-electron chi connectivity index (χ0n) is 11.0. The first kappa shape index (κ1) is 14.8. The van der Waals surface area contributed by atoms with E-state index in [2.05, 4.69) is 27.8 Å². The number of rotatable bonds is 3. The lowest BCUT2D eigenvalue weighted by molar-refractivity contribution is 0.0637. The molecule has 104 valence electrons. The van der Waals surface area contributed by atoms with E-state index in [1.165, 1.54) is 0 Å². The molecule has 1 aromatic rings. The van der Waals surface area contributed by atoms with Gasteiger partial charge in [0.1, 0.15) is 0 Å². The highest BCUT2D eigenvalue weighted by atomic mass is 79.9.